The van der Waals surface area contributed by atoms with Gasteiger partial charge < -0.3 is 5.32 Å². The summed E-state index contributed by atoms with van der Waals surface area (Å²) in [5.74, 6) is 0.350. The van der Waals surface area contributed by atoms with Crippen LogP contribution in [-0.4, -0.2) is 22.2 Å². The Hall–Kier alpha value is -2.43. The van der Waals surface area contributed by atoms with Crippen molar-refractivity contribution in [2.45, 2.75) is 51.5 Å². The first kappa shape index (κ1) is 18.4. The Balaban J connectivity index is 1.62. The maximum absolute atomic E-state index is 12.5. The fourth-order valence-corrected chi connectivity index (χ4v) is 3.51. The summed E-state index contributed by atoms with van der Waals surface area (Å²) in [4.78, 5) is 24.5. The Morgan fingerprint density at radius 1 is 1.00 bits per heavy atom. The first-order valence-corrected chi connectivity index (χ1v) is 9.62. The van der Waals surface area contributed by atoms with E-state index in [4.69, 9.17) is 0 Å². The fraction of sp³-hybridized carbons (Fsp3) is 0.476. The van der Waals surface area contributed by atoms with E-state index in [1.54, 1.807) is 0 Å². The summed E-state index contributed by atoms with van der Waals surface area (Å²) in [6, 6.07) is 12.6. The van der Waals surface area contributed by atoms with Gasteiger partial charge in [0.25, 0.3) is 11.5 Å². The summed E-state index contributed by atoms with van der Waals surface area (Å²) < 4.78 is 1.35. The van der Waals surface area contributed by atoms with E-state index in [2.05, 4.69) is 10.4 Å². The third-order valence-corrected chi connectivity index (χ3v) is 5.05. The highest BCUT2D eigenvalue weighted by atomic mass is 16.2. The topological polar surface area (TPSA) is 64.0 Å². The minimum Gasteiger partial charge on any atom is -0.350 e. The van der Waals surface area contributed by atoms with Crippen LogP contribution in [0, 0.1) is 5.92 Å². The minimum atomic E-state index is -0.203. The van der Waals surface area contributed by atoms with Gasteiger partial charge in [-0.3, -0.25) is 9.59 Å². The number of benzene rings is 1. The first-order valence-electron chi connectivity index (χ1n) is 9.62. The number of hydrogen-bond acceptors (Lipinski definition) is 3. The molecule has 0 bridgehead atoms. The molecule has 2 aromatic rings. The van der Waals surface area contributed by atoms with Gasteiger partial charge in [0.2, 0.25) is 0 Å². The van der Waals surface area contributed by atoms with Crippen LogP contribution in [0.4, 0.5) is 0 Å². The Labute approximate surface area is 154 Å². The first-order chi connectivity index (χ1) is 12.7. The predicted molar refractivity (Wildman–Crippen MR) is 102 cm³/mol. The van der Waals surface area contributed by atoms with E-state index in [-0.39, 0.29) is 11.5 Å². The van der Waals surface area contributed by atoms with E-state index in [1.165, 1.54) is 61.8 Å². The molecular formula is C21H27N3O2. The van der Waals surface area contributed by atoms with Crippen molar-refractivity contribution in [1.82, 2.24) is 15.1 Å². The Morgan fingerprint density at radius 3 is 2.42 bits per heavy atom. The standard InChI is InChI=1S/C21H27N3O2/c25-20-14-13-19(23-24(20)16-18-11-7-4-8-12-18)21(26)22-15-17-9-5-2-1-3-6-10-17/h4,7-8,11-14,17H,1-3,5-6,9-10,15-16H2,(H,22,26). The summed E-state index contributed by atoms with van der Waals surface area (Å²) in [5.41, 5.74) is 1.07. The van der Waals surface area contributed by atoms with Gasteiger partial charge in [0.05, 0.1) is 6.54 Å². The van der Waals surface area contributed by atoms with Gasteiger partial charge in [0, 0.05) is 12.6 Å². The number of aromatic nitrogens is 2. The predicted octanol–water partition coefficient (Wildman–Crippen LogP) is 3.38. The zero-order chi connectivity index (χ0) is 18.2. The molecule has 0 aliphatic heterocycles. The van der Waals surface area contributed by atoms with Crippen molar-refractivity contribution in [2.75, 3.05) is 6.54 Å². The lowest BCUT2D eigenvalue weighted by Gasteiger charge is -2.19. The lowest BCUT2D eigenvalue weighted by Crippen LogP contribution is -2.33. The van der Waals surface area contributed by atoms with Gasteiger partial charge in [-0.05, 0) is 30.4 Å². The van der Waals surface area contributed by atoms with Crippen LogP contribution in [0.2, 0.25) is 0 Å². The zero-order valence-electron chi connectivity index (χ0n) is 15.2. The quantitative estimate of drug-likeness (QED) is 0.896. The summed E-state index contributed by atoms with van der Waals surface area (Å²) in [7, 11) is 0. The summed E-state index contributed by atoms with van der Waals surface area (Å²) >= 11 is 0. The lowest BCUT2D eigenvalue weighted by atomic mass is 9.91. The molecule has 1 aliphatic carbocycles. The van der Waals surface area contributed by atoms with Crippen molar-refractivity contribution in [2.24, 2.45) is 5.92 Å². The molecule has 1 amide bonds. The van der Waals surface area contributed by atoms with Crippen molar-refractivity contribution in [3.63, 3.8) is 0 Å². The Morgan fingerprint density at radius 2 is 1.69 bits per heavy atom. The van der Waals surface area contributed by atoms with Crippen LogP contribution in [0.15, 0.2) is 47.3 Å². The van der Waals surface area contributed by atoms with Gasteiger partial charge in [-0.25, -0.2) is 4.68 Å². The van der Waals surface area contributed by atoms with Crippen LogP contribution in [0.3, 0.4) is 0 Å². The van der Waals surface area contributed by atoms with Gasteiger partial charge in [0.15, 0.2) is 0 Å². The largest absolute Gasteiger partial charge is 0.350 e. The van der Waals surface area contributed by atoms with E-state index in [0.717, 1.165) is 5.56 Å². The highest BCUT2D eigenvalue weighted by Crippen LogP contribution is 2.21. The third-order valence-electron chi connectivity index (χ3n) is 5.05. The summed E-state index contributed by atoms with van der Waals surface area (Å²) in [5, 5.41) is 7.27. The molecule has 138 valence electrons. The van der Waals surface area contributed by atoms with Crippen molar-refractivity contribution in [1.29, 1.82) is 0 Å². The Kier molecular flexibility index (Phi) is 6.58. The van der Waals surface area contributed by atoms with Crippen LogP contribution in [0.5, 0.6) is 0 Å². The highest BCUT2D eigenvalue weighted by molar-refractivity contribution is 5.91. The molecule has 1 saturated carbocycles. The molecule has 0 atom stereocenters. The molecule has 1 N–H and O–H groups in total. The van der Waals surface area contributed by atoms with Crippen LogP contribution < -0.4 is 10.9 Å². The maximum Gasteiger partial charge on any atom is 0.271 e. The molecule has 0 radical (unpaired) electrons. The van der Waals surface area contributed by atoms with Crippen LogP contribution >= 0.6 is 0 Å². The van der Waals surface area contributed by atoms with Gasteiger partial charge in [-0.1, -0.05) is 62.4 Å². The molecule has 1 aromatic carbocycles. The normalized spacial score (nSPS) is 15.8. The molecule has 5 nitrogen and oxygen atoms in total. The van der Waals surface area contributed by atoms with Crippen LogP contribution in [0.25, 0.3) is 0 Å². The average Bonchev–Trinajstić information content (AvgIpc) is 2.63. The van der Waals surface area contributed by atoms with Crippen LogP contribution in [0.1, 0.15) is 61.0 Å². The number of nitrogens with one attached hydrogen (secondary N) is 1. The zero-order valence-corrected chi connectivity index (χ0v) is 15.2. The van der Waals surface area contributed by atoms with E-state index in [0.29, 0.717) is 24.7 Å². The van der Waals surface area contributed by atoms with Crippen molar-refractivity contribution in [3.8, 4) is 0 Å². The fourth-order valence-electron chi connectivity index (χ4n) is 3.51. The number of nitrogens with zero attached hydrogens (tertiary/aromatic N) is 2. The van der Waals surface area contributed by atoms with Gasteiger partial charge in [-0.15, -0.1) is 0 Å². The van der Waals surface area contributed by atoms with Crippen molar-refractivity contribution < 1.29 is 4.79 Å². The molecule has 3 rings (SSSR count). The number of carbonyl (C=O) groups is 1. The van der Waals surface area contributed by atoms with E-state index < -0.39 is 0 Å². The highest BCUT2D eigenvalue weighted by Gasteiger charge is 2.15. The molecule has 5 heteroatoms. The second-order valence-electron chi connectivity index (χ2n) is 7.12. The molecule has 1 aliphatic rings. The molecule has 1 heterocycles. The smallest absolute Gasteiger partial charge is 0.271 e. The minimum absolute atomic E-state index is 0.200. The molecule has 0 saturated heterocycles. The third kappa shape index (κ3) is 5.28. The summed E-state index contributed by atoms with van der Waals surface area (Å²) in [6.45, 7) is 1.06. The van der Waals surface area contributed by atoms with Crippen molar-refractivity contribution in [3.05, 3.63) is 64.1 Å². The second kappa shape index (κ2) is 9.32. The average molecular weight is 353 g/mol. The van der Waals surface area contributed by atoms with Gasteiger partial charge in [-0.2, -0.15) is 5.10 Å². The van der Waals surface area contributed by atoms with Gasteiger partial charge in [0.1, 0.15) is 5.69 Å². The van der Waals surface area contributed by atoms with E-state index in [9.17, 15) is 9.59 Å². The van der Waals surface area contributed by atoms with E-state index >= 15 is 0 Å². The number of amides is 1. The molecule has 1 fully saturated rings. The molecule has 26 heavy (non-hydrogen) atoms. The molecule has 1 aromatic heterocycles. The lowest BCUT2D eigenvalue weighted by molar-refractivity contribution is 0.0937. The SMILES string of the molecule is O=C(NCC1CCCCCCC1)c1ccc(=O)n(Cc2ccccc2)n1. The maximum atomic E-state index is 12.5. The monoisotopic (exact) mass is 353 g/mol. The van der Waals surface area contributed by atoms with Crippen LogP contribution in [-0.2, 0) is 6.54 Å². The van der Waals surface area contributed by atoms with E-state index in [1.807, 2.05) is 30.3 Å². The summed E-state index contributed by atoms with van der Waals surface area (Å²) in [6.07, 6.45) is 8.81. The molecule has 0 unspecified atom stereocenters. The number of rotatable bonds is 5. The Bertz CT molecular complexity index is 762. The second-order valence-corrected chi connectivity index (χ2v) is 7.12. The number of carbonyl (C=O) groups excluding carboxylic acids is 1. The van der Waals surface area contributed by atoms with Crippen molar-refractivity contribution >= 4 is 5.91 Å². The molecule has 0 spiro atoms. The molecular weight excluding hydrogens is 326 g/mol. The van der Waals surface area contributed by atoms with Gasteiger partial charge >= 0.3 is 0 Å². The number of hydrogen-bond donors (Lipinski definition) is 1.